The number of aromatic nitrogens is 3. The van der Waals surface area contributed by atoms with Crippen molar-refractivity contribution >= 4 is 5.91 Å². The fourth-order valence-electron chi connectivity index (χ4n) is 2.32. The van der Waals surface area contributed by atoms with Gasteiger partial charge in [-0.1, -0.05) is 0 Å². The summed E-state index contributed by atoms with van der Waals surface area (Å²) in [5.74, 6) is 1.35. The molecular weight excluding hydrogens is 218 g/mol. The van der Waals surface area contributed by atoms with Gasteiger partial charge in [-0.3, -0.25) is 9.89 Å². The molecular formula is C11H17N5O. The van der Waals surface area contributed by atoms with Gasteiger partial charge in [-0.05, 0) is 32.1 Å². The zero-order valence-electron chi connectivity index (χ0n) is 9.65. The summed E-state index contributed by atoms with van der Waals surface area (Å²) in [6, 6.07) is 0.145. The summed E-state index contributed by atoms with van der Waals surface area (Å²) >= 11 is 0. The van der Waals surface area contributed by atoms with Crippen molar-refractivity contribution in [2.45, 2.75) is 50.1 Å². The smallest absolute Gasteiger partial charge is 0.291 e. The fraction of sp³-hybridized carbons (Fsp3) is 0.727. The van der Waals surface area contributed by atoms with Gasteiger partial charge in [-0.15, -0.1) is 5.10 Å². The molecule has 3 rings (SSSR count). The van der Waals surface area contributed by atoms with Crippen molar-refractivity contribution in [3.63, 3.8) is 0 Å². The number of carbonyl (C=O) groups is 1. The highest BCUT2D eigenvalue weighted by molar-refractivity contribution is 5.90. The van der Waals surface area contributed by atoms with Crippen LogP contribution in [0.5, 0.6) is 0 Å². The van der Waals surface area contributed by atoms with Crippen molar-refractivity contribution in [1.29, 1.82) is 0 Å². The van der Waals surface area contributed by atoms with E-state index in [4.69, 9.17) is 5.73 Å². The van der Waals surface area contributed by atoms with Gasteiger partial charge in [-0.2, -0.15) is 0 Å². The second kappa shape index (κ2) is 4.10. The highest BCUT2D eigenvalue weighted by atomic mass is 16.2. The van der Waals surface area contributed by atoms with Crippen molar-refractivity contribution in [2.75, 3.05) is 0 Å². The number of rotatable bonds is 3. The molecule has 0 aliphatic heterocycles. The van der Waals surface area contributed by atoms with Crippen LogP contribution < -0.4 is 11.1 Å². The van der Waals surface area contributed by atoms with E-state index >= 15 is 0 Å². The molecule has 1 amide bonds. The molecule has 2 aliphatic carbocycles. The molecule has 4 N–H and O–H groups in total. The summed E-state index contributed by atoms with van der Waals surface area (Å²) in [6.07, 6.45) is 5.29. The maximum absolute atomic E-state index is 11.9. The quantitative estimate of drug-likeness (QED) is 0.701. The lowest BCUT2D eigenvalue weighted by Gasteiger charge is -2.15. The maximum atomic E-state index is 11.9. The molecule has 0 aromatic carbocycles. The third-order valence-corrected chi connectivity index (χ3v) is 3.56. The molecule has 92 valence electrons. The second-order valence-corrected chi connectivity index (χ2v) is 4.99. The molecule has 1 aromatic rings. The molecule has 17 heavy (non-hydrogen) atoms. The van der Waals surface area contributed by atoms with Gasteiger partial charge in [0.15, 0.2) is 0 Å². The van der Waals surface area contributed by atoms with Gasteiger partial charge in [0.25, 0.3) is 5.91 Å². The van der Waals surface area contributed by atoms with Gasteiger partial charge in [-0.25, -0.2) is 4.98 Å². The Kier molecular flexibility index (Phi) is 2.58. The molecule has 2 unspecified atom stereocenters. The Hall–Kier alpha value is -1.43. The third-order valence-electron chi connectivity index (χ3n) is 3.56. The van der Waals surface area contributed by atoms with E-state index in [1.165, 1.54) is 0 Å². The Morgan fingerprint density at radius 1 is 1.35 bits per heavy atom. The van der Waals surface area contributed by atoms with E-state index in [-0.39, 0.29) is 23.8 Å². The maximum Gasteiger partial charge on any atom is 0.291 e. The number of amides is 1. The summed E-state index contributed by atoms with van der Waals surface area (Å²) in [7, 11) is 0. The minimum atomic E-state index is -0.212. The monoisotopic (exact) mass is 235 g/mol. The van der Waals surface area contributed by atoms with E-state index < -0.39 is 0 Å². The number of hydrogen-bond donors (Lipinski definition) is 3. The lowest BCUT2D eigenvalue weighted by molar-refractivity contribution is 0.0924. The second-order valence-electron chi connectivity index (χ2n) is 4.99. The van der Waals surface area contributed by atoms with Gasteiger partial charge in [0.1, 0.15) is 5.82 Å². The van der Waals surface area contributed by atoms with E-state index in [9.17, 15) is 4.79 Å². The molecule has 0 bridgehead atoms. The first-order valence-corrected chi connectivity index (χ1v) is 6.23. The molecule has 0 spiro atoms. The predicted molar refractivity (Wildman–Crippen MR) is 61.4 cm³/mol. The number of aromatic amines is 1. The van der Waals surface area contributed by atoms with Crippen LogP contribution in [0.4, 0.5) is 0 Å². The Balaban J connectivity index is 1.64. The van der Waals surface area contributed by atoms with Crippen LogP contribution in [0.1, 0.15) is 54.5 Å². The summed E-state index contributed by atoms with van der Waals surface area (Å²) < 4.78 is 0. The molecule has 2 atom stereocenters. The van der Waals surface area contributed by atoms with Crippen LogP contribution in [0, 0.1) is 0 Å². The largest absolute Gasteiger partial charge is 0.345 e. The average molecular weight is 235 g/mol. The average Bonchev–Trinajstić information content (AvgIpc) is 2.91. The highest BCUT2D eigenvalue weighted by Crippen LogP contribution is 2.37. The standard InChI is InChI=1S/C11H17N5O/c12-7-2-1-3-8(7)13-11(17)10-14-9(15-16-10)6-4-5-6/h6-8H,1-5,12H2,(H,13,17)(H,14,15,16). The summed E-state index contributed by atoms with van der Waals surface area (Å²) in [4.78, 5) is 16.1. The van der Waals surface area contributed by atoms with Crippen molar-refractivity contribution < 1.29 is 4.79 Å². The molecule has 6 nitrogen and oxygen atoms in total. The van der Waals surface area contributed by atoms with E-state index in [0.717, 1.165) is 37.9 Å². The number of hydrogen-bond acceptors (Lipinski definition) is 4. The summed E-state index contributed by atoms with van der Waals surface area (Å²) in [5.41, 5.74) is 5.91. The Bertz CT molecular complexity index is 425. The molecule has 0 radical (unpaired) electrons. The lowest BCUT2D eigenvalue weighted by atomic mass is 10.2. The molecule has 2 aliphatic rings. The number of H-pyrrole nitrogens is 1. The first-order valence-electron chi connectivity index (χ1n) is 6.23. The zero-order valence-corrected chi connectivity index (χ0v) is 9.65. The van der Waals surface area contributed by atoms with Crippen LogP contribution in [-0.2, 0) is 0 Å². The molecule has 0 saturated heterocycles. The SMILES string of the molecule is NC1CCCC1NC(=O)c1n[nH]c(C2CC2)n1. The van der Waals surface area contributed by atoms with Crippen LogP contribution in [0.25, 0.3) is 0 Å². The number of carbonyl (C=O) groups excluding carboxylic acids is 1. The van der Waals surface area contributed by atoms with Crippen LogP contribution in [0.15, 0.2) is 0 Å². The molecule has 1 aromatic heterocycles. The topological polar surface area (TPSA) is 96.7 Å². The Morgan fingerprint density at radius 3 is 2.82 bits per heavy atom. The first-order chi connectivity index (χ1) is 8.24. The number of nitrogens with zero attached hydrogens (tertiary/aromatic N) is 2. The van der Waals surface area contributed by atoms with Crippen molar-refractivity contribution in [2.24, 2.45) is 5.73 Å². The molecule has 2 fully saturated rings. The van der Waals surface area contributed by atoms with Crippen molar-refractivity contribution in [1.82, 2.24) is 20.5 Å². The number of nitrogens with one attached hydrogen (secondary N) is 2. The predicted octanol–water partition coefficient (Wildman–Crippen LogP) is 0.292. The van der Waals surface area contributed by atoms with Crippen molar-refractivity contribution in [3.05, 3.63) is 11.6 Å². The minimum absolute atomic E-state index is 0.0702. The Morgan fingerprint density at radius 2 is 2.18 bits per heavy atom. The van der Waals surface area contributed by atoms with Crippen LogP contribution in [0.3, 0.4) is 0 Å². The fourth-order valence-corrected chi connectivity index (χ4v) is 2.32. The normalized spacial score (nSPS) is 28.3. The van der Waals surface area contributed by atoms with E-state index in [1.807, 2.05) is 0 Å². The van der Waals surface area contributed by atoms with E-state index in [0.29, 0.717) is 5.92 Å². The molecule has 6 heteroatoms. The zero-order chi connectivity index (χ0) is 11.8. The van der Waals surface area contributed by atoms with E-state index in [1.54, 1.807) is 0 Å². The van der Waals surface area contributed by atoms with Crippen molar-refractivity contribution in [3.8, 4) is 0 Å². The molecule has 1 heterocycles. The Labute approximate surface area is 99.4 Å². The van der Waals surface area contributed by atoms with Gasteiger partial charge in [0, 0.05) is 18.0 Å². The molecule has 2 saturated carbocycles. The highest BCUT2D eigenvalue weighted by Gasteiger charge is 2.30. The minimum Gasteiger partial charge on any atom is -0.345 e. The van der Waals surface area contributed by atoms with Gasteiger partial charge in [0.2, 0.25) is 5.82 Å². The lowest BCUT2D eigenvalue weighted by Crippen LogP contribution is -2.44. The van der Waals surface area contributed by atoms with Gasteiger partial charge in [0.05, 0.1) is 0 Å². The summed E-state index contributed by atoms with van der Waals surface area (Å²) in [5, 5.41) is 9.70. The van der Waals surface area contributed by atoms with Crippen LogP contribution >= 0.6 is 0 Å². The van der Waals surface area contributed by atoms with Gasteiger partial charge >= 0.3 is 0 Å². The van der Waals surface area contributed by atoms with Gasteiger partial charge < -0.3 is 11.1 Å². The summed E-state index contributed by atoms with van der Waals surface area (Å²) in [6.45, 7) is 0. The van der Waals surface area contributed by atoms with Crippen LogP contribution in [0.2, 0.25) is 0 Å². The van der Waals surface area contributed by atoms with E-state index in [2.05, 4.69) is 20.5 Å². The number of nitrogens with two attached hydrogens (primary N) is 1. The van der Waals surface area contributed by atoms with Crippen LogP contribution in [-0.4, -0.2) is 33.2 Å². The first kappa shape index (κ1) is 10.7. The third kappa shape index (κ3) is 2.17.